The summed E-state index contributed by atoms with van der Waals surface area (Å²) in [4.78, 5) is 11.4. The second kappa shape index (κ2) is 2.86. The lowest BCUT2D eigenvalue weighted by Gasteiger charge is -2.41. The van der Waals surface area contributed by atoms with Gasteiger partial charge < -0.3 is 0 Å². The van der Waals surface area contributed by atoms with Crippen molar-refractivity contribution < 1.29 is 4.79 Å². The quantitative estimate of drug-likeness (QED) is 0.513. The maximum atomic E-state index is 11.4. The van der Waals surface area contributed by atoms with E-state index in [0.29, 0.717) is 5.52 Å². The van der Waals surface area contributed by atoms with E-state index in [1.54, 1.807) is 0 Å². The lowest BCUT2D eigenvalue weighted by molar-refractivity contribution is -0.112. The van der Waals surface area contributed by atoms with Crippen molar-refractivity contribution in [1.29, 1.82) is 0 Å². The fourth-order valence-electron chi connectivity index (χ4n) is 1.51. The molecule has 1 heterocycles. The van der Waals surface area contributed by atoms with Gasteiger partial charge in [0, 0.05) is 6.42 Å². The molecule has 0 radical (unpaired) electrons. The van der Waals surface area contributed by atoms with E-state index in [9.17, 15) is 4.79 Å². The average Bonchev–Trinajstić information content (AvgIpc) is 1.95. The molecule has 1 aliphatic heterocycles. The Bertz CT molecular complexity index is 174. The van der Waals surface area contributed by atoms with Crippen molar-refractivity contribution >= 4 is 13.4 Å². The summed E-state index contributed by atoms with van der Waals surface area (Å²) in [6.07, 6.45) is 1.92. The van der Waals surface area contributed by atoms with E-state index >= 15 is 0 Å². The van der Waals surface area contributed by atoms with E-state index < -0.39 is 0 Å². The maximum Gasteiger partial charge on any atom is 0.154 e. The van der Waals surface area contributed by atoms with E-state index in [1.165, 1.54) is 0 Å². The van der Waals surface area contributed by atoms with Crippen LogP contribution in [-0.2, 0) is 4.79 Å². The molecule has 1 rings (SSSR count). The van der Waals surface area contributed by atoms with Crippen molar-refractivity contribution in [2.75, 3.05) is 6.66 Å². The third-order valence-electron chi connectivity index (χ3n) is 3.24. The molecule has 64 valence electrons. The first-order valence-corrected chi connectivity index (χ1v) is 6.02. The zero-order chi connectivity index (χ0) is 8.65. The van der Waals surface area contributed by atoms with Gasteiger partial charge in [0.25, 0.3) is 0 Å². The molecule has 0 aromatic heterocycles. The fraction of sp³-hybridized carbons (Fsp3) is 0.889. The van der Waals surface area contributed by atoms with Crippen molar-refractivity contribution in [2.45, 2.75) is 38.8 Å². The van der Waals surface area contributed by atoms with Gasteiger partial charge in [-0.05, 0) is 32.1 Å². The first kappa shape index (κ1) is 9.19. The van der Waals surface area contributed by atoms with Gasteiger partial charge in [0.2, 0.25) is 0 Å². The van der Waals surface area contributed by atoms with Gasteiger partial charge in [-0.25, -0.2) is 0 Å². The third-order valence-corrected chi connectivity index (χ3v) is 6.38. The van der Waals surface area contributed by atoms with Crippen LogP contribution in [0.2, 0.25) is 0 Å². The van der Waals surface area contributed by atoms with Crippen LogP contribution in [0.4, 0.5) is 0 Å². The fourth-order valence-corrected chi connectivity index (χ4v) is 3.41. The van der Waals surface area contributed by atoms with Crippen molar-refractivity contribution in [3.63, 3.8) is 0 Å². The summed E-state index contributed by atoms with van der Waals surface area (Å²) < 4.78 is 0. The largest absolute Gasteiger partial charge is 0.295 e. The summed E-state index contributed by atoms with van der Waals surface area (Å²) in [6.45, 7) is 8.87. The van der Waals surface area contributed by atoms with Crippen LogP contribution in [0.25, 0.3) is 0 Å². The first-order valence-electron chi connectivity index (χ1n) is 4.23. The number of carbonyl (C=O) groups is 1. The molecule has 1 saturated heterocycles. The number of hydrogen-bond donors (Lipinski definition) is 0. The normalized spacial score (nSPS) is 37.3. The van der Waals surface area contributed by atoms with Gasteiger partial charge >= 0.3 is 0 Å². The van der Waals surface area contributed by atoms with Crippen LogP contribution in [0, 0.1) is 5.92 Å². The van der Waals surface area contributed by atoms with Crippen LogP contribution < -0.4 is 0 Å². The molecule has 0 amide bonds. The zero-order valence-corrected chi connectivity index (χ0v) is 8.74. The molecule has 0 aromatic rings. The van der Waals surface area contributed by atoms with Crippen LogP contribution in [0.5, 0.6) is 0 Å². The lowest BCUT2D eigenvalue weighted by Crippen LogP contribution is -2.33. The third kappa shape index (κ3) is 1.49. The Balaban J connectivity index is 2.80. The molecule has 2 atom stereocenters. The van der Waals surface area contributed by atoms with Gasteiger partial charge in [0.1, 0.15) is 0 Å². The summed E-state index contributed by atoms with van der Waals surface area (Å²) in [5, 5.41) is 0.282. The molecule has 11 heavy (non-hydrogen) atoms. The van der Waals surface area contributed by atoms with E-state index in [4.69, 9.17) is 0 Å². The second-order valence-corrected chi connectivity index (χ2v) is 6.82. The maximum absolute atomic E-state index is 11.4. The van der Waals surface area contributed by atoms with Gasteiger partial charge in [0.15, 0.2) is 5.52 Å². The summed E-state index contributed by atoms with van der Waals surface area (Å²) in [7, 11) is -0.374. The highest BCUT2D eigenvalue weighted by molar-refractivity contribution is 7.75. The molecule has 2 heteroatoms. The second-order valence-electron chi connectivity index (χ2n) is 4.05. The molecule has 1 aliphatic rings. The van der Waals surface area contributed by atoms with Crippen LogP contribution in [0.1, 0.15) is 33.6 Å². The molecule has 0 bridgehead atoms. The Kier molecular flexibility index (Phi) is 2.39. The summed E-state index contributed by atoms with van der Waals surface area (Å²) in [5.74, 6) is 0.719. The van der Waals surface area contributed by atoms with Crippen LogP contribution in [-0.4, -0.2) is 17.3 Å². The van der Waals surface area contributed by atoms with Gasteiger partial charge in [-0.15, -0.1) is 0 Å². The molecule has 0 N–H and O–H groups in total. The predicted octanol–water partition coefficient (Wildman–Crippen LogP) is 2.83. The molecular weight excluding hydrogens is 155 g/mol. The highest BCUT2D eigenvalue weighted by Crippen LogP contribution is 2.56. The van der Waals surface area contributed by atoms with E-state index in [1.807, 2.05) is 0 Å². The highest BCUT2D eigenvalue weighted by Gasteiger charge is 2.39. The van der Waals surface area contributed by atoms with Crippen LogP contribution >= 0.6 is 7.92 Å². The topological polar surface area (TPSA) is 17.1 Å². The molecule has 0 spiro atoms. The smallest absolute Gasteiger partial charge is 0.154 e. The molecular formula is C9H17OP. The summed E-state index contributed by atoms with van der Waals surface area (Å²) in [5.41, 5.74) is 0.517. The van der Waals surface area contributed by atoms with Crippen molar-refractivity contribution in [3.05, 3.63) is 0 Å². The number of hydrogen-bond acceptors (Lipinski definition) is 1. The predicted molar refractivity (Wildman–Crippen MR) is 50.3 cm³/mol. The van der Waals surface area contributed by atoms with Gasteiger partial charge in [0.05, 0.1) is 0 Å². The lowest BCUT2D eigenvalue weighted by atomic mass is 9.92. The van der Waals surface area contributed by atoms with Crippen LogP contribution in [0.3, 0.4) is 0 Å². The Morgan fingerprint density at radius 3 is 2.55 bits per heavy atom. The SMILES string of the molecule is CC1CCC(=O)P(C)C1(C)C. The molecule has 2 unspecified atom stereocenters. The zero-order valence-electron chi connectivity index (χ0n) is 7.85. The average molecular weight is 172 g/mol. The Hall–Kier alpha value is 0.100. The Morgan fingerprint density at radius 1 is 1.55 bits per heavy atom. The van der Waals surface area contributed by atoms with Gasteiger partial charge in [-0.2, -0.15) is 0 Å². The van der Waals surface area contributed by atoms with Crippen molar-refractivity contribution in [2.24, 2.45) is 5.92 Å². The molecule has 1 nitrogen and oxygen atoms in total. The summed E-state index contributed by atoms with van der Waals surface area (Å²) in [6, 6.07) is 0. The minimum atomic E-state index is -0.374. The molecule has 0 aliphatic carbocycles. The van der Waals surface area contributed by atoms with E-state index in [0.717, 1.165) is 18.8 Å². The summed E-state index contributed by atoms with van der Waals surface area (Å²) >= 11 is 0. The first-order chi connectivity index (χ1) is 4.96. The highest BCUT2D eigenvalue weighted by atomic mass is 31.1. The van der Waals surface area contributed by atoms with Gasteiger partial charge in [-0.1, -0.05) is 20.8 Å². The van der Waals surface area contributed by atoms with Crippen molar-refractivity contribution in [3.8, 4) is 0 Å². The van der Waals surface area contributed by atoms with E-state index in [2.05, 4.69) is 27.4 Å². The minimum Gasteiger partial charge on any atom is -0.295 e. The monoisotopic (exact) mass is 172 g/mol. The Labute approximate surface area is 70.3 Å². The van der Waals surface area contributed by atoms with Crippen molar-refractivity contribution in [1.82, 2.24) is 0 Å². The molecule has 0 aromatic carbocycles. The molecule has 0 saturated carbocycles. The van der Waals surface area contributed by atoms with Crippen LogP contribution in [0.15, 0.2) is 0 Å². The standard InChI is InChI=1S/C9H17OP/c1-7-5-6-8(10)11(4)9(7,2)3/h7H,5-6H2,1-4H3. The molecule has 1 fully saturated rings. The van der Waals surface area contributed by atoms with Gasteiger partial charge in [-0.3, -0.25) is 4.79 Å². The number of carbonyl (C=O) groups excluding carboxylic acids is 1. The minimum absolute atomic E-state index is 0.282. The Morgan fingerprint density at radius 2 is 2.09 bits per heavy atom. The van der Waals surface area contributed by atoms with E-state index in [-0.39, 0.29) is 13.1 Å². The number of rotatable bonds is 0.